The summed E-state index contributed by atoms with van der Waals surface area (Å²) in [4.78, 5) is 1.43. The third-order valence-corrected chi connectivity index (χ3v) is 6.83. The van der Waals surface area contributed by atoms with Crippen molar-refractivity contribution < 1.29 is 8.42 Å². The molecular formula is C22H23NO2S2. The van der Waals surface area contributed by atoms with Crippen molar-refractivity contribution in [2.45, 2.75) is 28.4 Å². The first kappa shape index (κ1) is 19.7. The highest BCUT2D eigenvalue weighted by molar-refractivity contribution is 8.00. The minimum absolute atomic E-state index is 0.0926. The molecule has 0 saturated carbocycles. The summed E-state index contributed by atoms with van der Waals surface area (Å²) in [5.74, 6) is 0. The van der Waals surface area contributed by atoms with Crippen LogP contribution in [0.4, 0.5) is 0 Å². The summed E-state index contributed by atoms with van der Waals surface area (Å²) in [5.41, 5.74) is 2.23. The molecule has 1 N–H and O–H groups in total. The molecule has 3 aromatic rings. The van der Waals surface area contributed by atoms with Gasteiger partial charge in [0.25, 0.3) is 0 Å². The van der Waals surface area contributed by atoms with Gasteiger partial charge in [-0.15, -0.1) is 11.8 Å². The van der Waals surface area contributed by atoms with Gasteiger partial charge < -0.3 is 0 Å². The van der Waals surface area contributed by atoms with E-state index in [1.807, 2.05) is 55.5 Å². The third kappa shape index (κ3) is 5.96. The highest BCUT2D eigenvalue weighted by atomic mass is 32.2. The quantitative estimate of drug-likeness (QED) is 0.562. The maximum absolute atomic E-state index is 12.6. The number of sulfonamides is 1. The van der Waals surface area contributed by atoms with Crippen LogP contribution in [-0.4, -0.2) is 20.2 Å². The fourth-order valence-electron chi connectivity index (χ4n) is 2.73. The first-order chi connectivity index (χ1) is 13.0. The van der Waals surface area contributed by atoms with Crippen molar-refractivity contribution in [3.63, 3.8) is 0 Å². The number of aryl methyl sites for hydroxylation is 1. The third-order valence-electron chi connectivity index (χ3n) is 4.18. The van der Waals surface area contributed by atoms with Crippen molar-refractivity contribution >= 4 is 21.8 Å². The molecule has 0 aliphatic rings. The summed E-state index contributed by atoms with van der Waals surface area (Å²) in [6.45, 7) is 2.31. The molecule has 1 atom stereocenters. The van der Waals surface area contributed by atoms with E-state index in [-0.39, 0.29) is 5.25 Å². The summed E-state index contributed by atoms with van der Waals surface area (Å²) >= 11 is 1.69. The van der Waals surface area contributed by atoms with Crippen molar-refractivity contribution in [2.24, 2.45) is 0 Å². The topological polar surface area (TPSA) is 46.2 Å². The molecule has 3 aromatic carbocycles. The zero-order chi connectivity index (χ0) is 19.1. The van der Waals surface area contributed by atoms with Crippen molar-refractivity contribution in [2.75, 3.05) is 6.54 Å². The molecule has 0 spiro atoms. The Morgan fingerprint density at radius 2 is 1.44 bits per heavy atom. The molecule has 0 amide bonds. The molecular weight excluding hydrogens is 374 g/mol. The van der Waals surface area contributed by atoms with Gasteiger partial charge in [-0.1, -0.05) is 66.2 Å². The molecule has 3 nitrogen and oxygen atoms in total. The van der Waals surface area contributed by atoms with E-state index in [0.29, 0.717) is 11.4 Å². The van der Waals surface area contributed by atoms with Crippen LogP contribution in [0.15, 0.2) is 94.7 Å². The lowest BCUT2D eigenvalue weighted by atomic mass is 10.1. The van der Waals surface area contributed by atoms with Gasteiger partial charge in [-0.05, 0) is 43.2 Å². The molecule has 3 rings (SSSR count). The van der Waals surface area contributed by atoms with E-state index >= 15 is 0 Å². The minimum atomic E-state index is -3.52. The van der Waals surface area contributed by atoms with Gasteiger partial charge in [0.2, 0.25) is 10.0 Å². The van der Waals surface area contributed by atoms with Gasteiger partial charge in [-0.2, -0.15) is 0 Å². The first-order valence-corrected chi connectivity index (χ1v) is 11.2. The van der Waals surface area contributed by atoms with Crippen molar-refractivity contribution in [3.8, 4) is 0 Å². The van der Waals surface area contributed by atoms with Gasteiger partial charge in [0, 0.05) is 16.7 Å². The Bertz CT molecular complexity index is 899. The van der Waals surface area contributed by atoms with Crippen LogP contribution in [-0.2, 0) is 16.4 Å². The van der Waals surface area contributed by atoms with Gasteiger partial charge in [0.05, 0.1) is 4.90 Å². The summed E-state index contributed by atoms with van der Waals surface area (Å²) in [5, 5.41) is 0.0926. The number of hydrogen-bond acceptors (Lipinski definition) is 3. The van der Waals surface area contributed by atoms with Gasteiger partial charge in [0.15, 0.2) is 0 Å². The molecule has 140 valence electrons. The lowest BCUT2D eigenvalue weighted by Gasteiger charge is -2.18. The first-order valence-electron chi connectivity index (χ1n) is 8.85. The van der Waals surface area contributed by atoms with E-state index < -0.39 is 10.0 Å². The van der Waals surface area contributed by atoms with E-state index in [0.717, 1.165) is 16.9 Å². The largest absolute Gasteiger partial charge is 0.240 e. The zero-order valence-electron chi connectivity index (χ0n) is 15.2. The standard InChI is InChI=1S/C22H23NO2S2/c1-18-12-14-22(15-13-18)27(24,25)23-17-21(16-19-8-4-2-5-9-19)26-20-10-6-3-7-11-20/h2-15,21,23H,16-17H2,1H3. The van der Waals surface area contributed by atoms with E-state index in [1.54, 1.807) is 23.9 Å². The Labute approximate surface area is 165 Å². The molecule has 0 aliphatic carbocycles. The molecule has 0 aromatic heterocycles. The lowest BCUT2D eigenvalue weighted by Crippen LogP contribution is -2.31. The summed E-state index contributed by atoms with van der Waals surface area (Å²) < 4.78 is 28.1. The maximum Gasteiger partial charge on any atom is 0.240 e. The van der Waals surface area contributed by atoms with E-state index in [4.69, 9.17) is 0 Å². The molecule has 0 aliphatic heterocycles. The Hall–Kier alpha value is -2.08. The Kier molecular flexibility index (Phi) is 6.72. The van der Waals surface area contributed by atoms with Gasteiger partial charge in [0.1, 0.15) is 0 Å². The maximum atomic E-state index is 12.6. The van der Waals surface area contributed by atoms with Crippen molar-refractivity contribution in [3.05, 3.63) is 96.1 Å². The fraction of sp³-hybridized carbons (Fsp3) is 0.182. The van der Waals surface area contributed by atoms with Gasteiger partial charge in [-0.3, -0.25) is 0 Å². The van der Waals surface area contributed by atoms with Crippen molar-refractivity contribution in [1.82, 2.24) is 4.72 Å². The van der Waals surface area contributed by atoms with Crippen LogP contribution < -0.4 is 4.72 Å². The average Bonchev–Trinajstić information content (AvgIpc) is 2.68. The predicted molar refractivity (Wildman–Crippen MR) is 113 cm³/mol. The molecule has 0 saturated heterocycles. The average molecular weight is 398 g/mol. The van der Waals surface area contributed by atoms with Crippen molar-refractivity contribution in [1.29, 1.82) is 0 Å². The van der Waals surface area contributed by atoms with Gasteiger partial charge in [-0.25, -0.2) is 13.1 Å². The summed E-state index contributed by atoms with van der Waals surface area (Å²) in [7, 11) is -3.52. The predicted octanol–water partition coefficient (Wildman–Crippen LogP) is 4.68. The monoisotopic (exact) mass is 397 g/mol. The SMILES string of the molecule is Cc1ccc(S(=O)(=O)NCC(Cc2ccccc2)Sc2ccccc2)cc1. The van der Waals surface area contributed by atoms with Gasteiger partial charge >= 0.3 is 0 Å². The molecule has 5 heteroatoms. The van der Waals surface area contributed by atoms with Crippen LogP contribution in [0, 0.1) is 6.92 Å². The second-order valence-electron chi connectivity index (χ2n) is 6.41. The molecule has 0 fully saturated rings. The number of benzene rings is 3. The summed E-state index contributed by atoms with van der Waals surface area (Å²) in [6.07, 6.45) is 0.789. The second-order valence-corrected chi connectivity index (χ2v) is 9.55. The fourth-order valence-corrected chi connectivity index (χ4v) is 5.06. The van der Waals surface area contributed by atoms with Crippen LogP contribution in [0.3, 0.4) is 0 Å². The van der Waals surface area contributed by atoms with E-state index in [9.17, 15) is 8.42 Å². The Balaban J connectivity index is 1.73. The van der Waals surface area contributed by atoms with E-state index in [2.05, 4.69) is 29.0 Å². The summed E-state index contributed by atoms with van der Waals surface area (Å²) in [6, 6.07) is 27.2. The molecule has 0 heterocycles. The normalized spacial score (nSPS) is 12.6. The number of rotatable bonds is 8. The second kappa shape index (κ2) is 9.22. The van der Waals surface area contributed by atoms with Crippen LogP contribution >= 0.6 is 11.8 Å². The number of hydrogen-bond donors (Lipinski definition) is 1. The highest BCUT2D eigenvalue weighted by Gasteiger charge is 2.18. The Morgan fingerprint density at radius 3 is 2.07 bits per heavy atom. The highest BCUT2D eigenvalue weighted by Crippen LogP contribution is 2.26. The molecule has 0 bridgehead atoms. The van der Waals surface area contributed by atoms with Crippen LogP contribution in [0.5, 0.6) is 0 Å². The molecule has 1 unspecified atom stereocenters. The van der Waals surface area contributed by atoms with Crippen LogP contribution in [0.1, 0.15) is 11.1 Å². The van der Waals surface area contributed by atoms with Crippen LogP contribution in [0.25, 0.3) is 0 Å². The zero-order valence-corrected chi connectivity index (χ0v) is 16.8. The number of thioether (sulfide) groups is 1. The van der Waals surface area contributed by atoms with E-state index in [1.165, 1.54) is 5.56 Å². The smallest absolute Gasteiger partial charge is 0.210 e. The molecule has 27 heavy (non-hydrogen) atoms. The lowest BCUT2D eigenvalue weighted by molar-refractivity contribution is 0.580. The number of nitrogens with one attached hydrogen (secondary N) is 1. The molecule has 0 radical (unpaired) electrons. The van der Waals surface area contributed by atoms with Crippen LogP contribution in [0.2, 0.25) is 0 Å². The Morgan fingerprint density at radius 1 is 0.852 bits per heavy atom. The minimum Gasteiger partial charge on any atom is -0.210 e.